The van der Waals surface area contributed by atoms with Crippen molar-refractivity contribution in [3.63, 3.8) is 0 Å². The van der Waals surface area contributed by atoms with Crippen LogP contribution in [0.4, 0.5) is 10.1 Å². The highest BCUT2D eigenvalue weighted by Gasteiger charge is 2.17. The third-order valence-corrected chi connectivity index (χ3v) is 4.71. The lowest BCUT2D eigenvalue weighted by atomic mass is 10.1. The van der Waals surface area contributed by atoms with E-state index in [4.69, 9.17) is 4.74 Å². The predicted octanol–water partition coefficient (Wildman–Crippen LogP) is 2.96. The third kappa shape index (κ3) is 4.21. The van der Waals surface area contributed by atoms with E-state index in [0.717, 1.165) is 0 Å². The van der Waals surface area contributed by atoms with Crippen LogP contribution in [0.3, 0.4) is 0 Å². The molecule has 0 aliphatic heterocycles. The molecule has 0 aliphatic carbocycles. The number of nitrogens with one attached hydrogen (secondary N) is 1. The van der Waals surface area contributed by atoms with Gasteiger partial charge in [0.25, 0.3) is 11.6 Å². The maximum absolute atomic E-state index is 13.5. The third-order valence-electron chi connectivity index (χ3n) is 4.71. The Morgan fingerprint density at radius 2 is 2.00 bits per heavy atom. The van der Waals surface area contributed by atoms with Crippen molar-refractivity contribution >= 4 is 17.2 Å². The lowest BCUT2D eigenvalue weighted by molar-refractivity contribution is -0.385. The molecule has 0 saturated carbocycles. The average molecular weight is 436 g/mol. The largest absolute Gasteiger partial charge is 0.475 e. The molecule has 1 amide bonds. The number of aromatic nitrogens is 4. The van der Waals surface area contributed by atoms with Crippen molar-refractivity contribution in [2.45, 2.75) is 6.92 Å². The minimum absolute atomic E-state index is 0.107. The fourth-order valence-corrected chi connectivity index (χ4v) is 3.14. The molecule has 0 saturated heterocycles. The van der Waals surface area contributed by atoms with Crippen molar-refractivity contribution in [3.05, 3.63) is 81.7 Å². The number of hydrogen-bond donors (Lipinski definition) is 1. The molecule has 32 heavy (non-hydrogen) atoms. The Morgan fingerprint density at radius 1 is 1.19 bits per heavy atom. The topological polar surface area (TPSA) is 125 Å². The number of nitrogens with zero attached hydrogens (tertiary/aromatic N) is 5. The van der Waals surface area contributed by atoms with E-state index < -0.39 is 16.6 Å². The summed E-state index contributed by atoms with van der Waals surface area (Å²) >= 11 is 0. The van der Waals surface area contributed by atoms with Crippen molar-refractivity contribution in [2.75, 3.05) is 13.2 Å². The summed E-state index contributed by atoms with van der Waals surface area (Å²) in [4.78, 5) is 22.9. The number of nitro groups is 1. The smallest absolute Gasteiger partial charge is 0.273 e. The van der Waals surface area contributed by atoms with Gasteiger partial charge in [-0.05, 0) is 31.2 Å². The normalized spacial score (nSPS) is 10.8. The molecule has 0 spiro atoms. The van der Waals surface area contributed by atoms with Gasteiger partial charge in [-0.3, -0.25) is 14.9 Å². The molecule has 2 aromatic heterocycles. The van der Waals surface area contributed by atoms with Gasteiger partial charge in [0.15, 0.2) is 11.5 Å². The maximum atomic E-state index is 13.5. The van der Waals surface area contributed by atoms with Crippen LogP contribution in [-0.2, 0) is 0 Å². The average Bonchev–Trinajstić information content (AvgIpc) is 3.20. The first kappa shape index (κ1) is 20.8. The Morgan fingerprint density at radius 3 is 2.78 bits per heavy atom. The summed E-state index contributed by atoms with van der Waals surface area (Å²) in [5.74, 6) is -0.220. The Hall–Kier alpha value is -4.41. The van der Waals surface area contributed by atoms with E-state index in [9.17, 15) is 19.3 Å². The Kier molecular flexibility index (Phi) is 5.71. The van der Waals surface area contributed by atoms with Crippen LogP contribution in [0.1, 0.15) is 15.9 Å². The molecule has 0 aliphatic rings. The minimum Gasteiger partial charge on any atom is -0.475 e. The van der Waals surface area contributed by atoms with Gasteiger partial charge >= 0.3 is 0 Å². The number of amides is 1. The standard InChI is InChI=1S/C21H17FN6O4/c1-13-16(6-3-7-17(13)28(30)31)21(29)23-10-11-32-19-9-8-18-24-25-20(27(18)26-19)14-4-2-5-15(22)12-14/h2-9,12H,10-11H2,1H3,(H,23,29). The Labute approximate surface area is 180 Å². The number of nitro benzene ring substituents is 1. The van der Waals surface area contributed by atoms with Crippen molar-refractivity contribution in [3.8, 4) is 17.3 Å². The van der Waals surface area contributed by atoms with E-state index >= 15 is 0 Å². The van der Waals surface area contributed by atoms with Crippen molar-refractivity contribution in [1.82, 2.24) is 25.1 Å². The number of benzene rings is 2. The molecule has 0 unspecified atom stereocenters. The number of rotatable bonds is 7. The molecule has 0 radical (unpaired) electrons. The van der Waals surface area contributed by atoms with Crippen molar-refractivity contribution in [2.24, 2.45) is 0 Å². The summed E-state index contributed by atoms with van der Waals surface area (Å²) in [7, 11) is 0. The second-order valence-electron chi connectivity index (χ2n) is 6.79. The molecule has 10 nitrogen and oxygen atoms in total. The summed E-state index contributed by atoms with van der Waals surface area (Å²) in [6.07, 6.45) is 0. The van der Waals surface area contributed by atoms with E-state index in [1.165, 1.54) is 41.8 Å². The van der Waals surface area contributed by atoms with Gasteiger partial charge in [-0.2, -0.15) is 4.52 Å². The second-order valence-corrected chi connectivity index (χ2v) is 6.79. The number of carbonyl (C=O) groups excluding carboxylic acids is 1. The molecule has 0 bridgehead atoms. The highest BCUT2D eigenvalue weighted by Crippen LogP contribution is 2.21. The molecule has 2 aromatic carbocycles. The summed E-state index contributed by atoms with van der Waals surface area (Å²) in [5, 5.41) is 26.1. The molecule has 162 valence electrons. The van der Waals surface area contributed by atoms with E-state index in [-0.39, 0.29) is 30.3 Å². The van der Waals surface area contributed by atoms with E-state index in [2.05, 4.69) is 20.6 Å². The predicted molar refractivity (Wildman–Crippen MR) is 112 cm³/mol. The molecule has 4 rings (SSSR count). The fourth-order valence-electron chi connectivity index (χ4n) is 3.14. The van der Waals surface area contributed by atoms with Crippen LogP contribution >= 0.6 is 0 Å². The van der Waals surface area contributed by atoms with Gasteiger partial charge in [-0.1, -0.05) is 18.2 Å². The molecule has 0 atom stereocenters. The summed E-state index contributed by atoms with van der Waals surface area (Å²) in [5.41, 5.74) is 1.38. The fraction of sp³-hybridized carbons (Fsp3) is 0.143. The summed E-state index contributed by atoms with van der Waals surface area (Å²) in [6.45, 7) is 1.79. The molecule has 0 fully saturated rings. The SMILES string of the molecule is Cc1c(C(=O)NCCOc2ccc3nnc(-c4cccc(F)c4)n3n2)cccc1[N+](=O)[O-]. The zero-order chi connectivity index (χ0) is 22.7. The summed E-state index contributed by atoms with van der Waals surface area (Å²) < 4.78 is 20.6. The zero-order valence-electron chi connectivity index (χ0n) is 16.9. The second kappa shape index (κ2) is 8.76. The van der Waals surface area contributed by atoms with Crippen LogP contribution in [0, 0.1) is 22.9 Å². The monoisotopic (exact) mass is 436 g/mol. The number of ether oxygens (including phenoxy) is 1. The lowest BCUT2D eigenvalue weighted by Crippen LogP contribution is -2.29. The molecule has 1 N–H and O–H groups in total. The lowest BCUT2D eigenvalue weighted by Gasteiger charge is -2.09. The van der Waals surface area contributed by atoms with Crippen LogP contribution in [-0.4, -0.2) is 43.8 Å². The number of fused-ring (bicyclic) bond motifs is 1. The van der Waals surface area contributed by atoms with Crippen molar-refractivity contribution < 1.29 is 18.8 Å². The van der Waals surface area contributed by atoms with Gasteiger partial charge < -0.3 is 10.1 Å². The molecular weight excluding hydrogens is 419 g/mol. The number of hydrogen-bond acceptors (Lipinski definition) is 7. The number of carbonyl (C=O) groups is 1. The zero-order valence-corrected chi connectivity index (χ0v) is 16.9. The summed E-state index contributed by atoms with van der Waals surface area (Å²) in [6, 6.07) is 13.5. The quantitative estimate of drug-likeness (QED) is 0.268. The highest BCUT2D eigenvalue weighted by molar-refractivity contribution is 5.96. The van der Waals surface area contributed by atoms with Gasteiger partial charge in [0.05, 0.1) is 11.5 Å². The van der Waals surface area contributed by atoms with Crippen LogP contribution < -0.4 is 10.1 Å². The van der Waals surface area contributed by atoms with Crippen LogP contribution in [0.25, 0.3) is 17.0 Å². The van der Waals surface area contributed by atoms with Gasteiger partial charge in [-0.15, -0.1) is 15.3 Å². The molecular formula is C21H17FN6O4. The van der Waals surface area contributed by atoms with E-state index in [1.54, 1.807) is 24.3 Å². The van der Waals surface area contributed by atoms with E-state index in [1.807, 2.05) is 0 Å². The van der Waals surface area contributed by atoms with Gasteiger partial charge in [0, 0.05) is 28.8 Å². The van der Waals surface area contributed by atoms with Crippen LogP contribution in [0.15, 0.2) is 54.6 Å². The highest BCUT2D eigenvalue weighted by atomic mass is 19.1. The first-order chi connectivity index (χ1) is 15.4. The van der Waals surface area contributed by atoms with Gasteiger partial charge in [0.2, 0.25) is 5.88 Å². The maximum Gasteiger partial charge on any atom is 0.273 e. The molecule has 2 heterocycles. The Bertz CT molecular complexity index is 1320. The Balaban J connectivity index is 1.41. The van der Waals surface area contributed by atoms with Gasteiger partial charge in [0.1, 0.15) is 12.4 Å². The first-order valence-electron chi connectivity index (χ1n) is 9.57. The van der Waals surface area contributed by atoms with Crippen LogP contribution in [0.5, 0.6) is 5.88 Å². The molecule has 11 heteroatoms. The minimum atomic E-state index is -0.528. The number of halogens is 1. The van der Waals surface area contributed by atoms with Gasteiger partial charge in [-0.25, -0.2) is 4.39 Å². The van der Waals surface area contributed by atoms with Crippen molar-refractivity contribution in [1.29, 1.82) is 0 Å². The van der Waals surface area contributed by atoms with E-state index in [0.29, 0.717) is 22.6 Å². The van der Waals surface area contributed by atoms with Crippen LogP contribution in [0.2, 0.25) is 0 Å². The molecule has 4 aromatic rings. The first-order valence-corrected chi connectivity index (χ1v) is 9.57.